The van der Waals surface area contributed by atoms with Gasteiger partial charge in [-0.15, -0.1) is 0 Å². The van der Waals surface area contributed by atoms with Gasteiger partial charge in [0.05, 0.1) is 5.56 Å². The zero-order valence-electron chi connectivity index (χ0n) is 11.1. The molecule has 0 aliphatic rings. The first-order chi connectivity index (χ1) is 8.65. The molecule has 1 aromatic rings. The zero-order chi connectivity index (χ0) is 13.4. The molecule has 0 unspecified atom stereocenters. The van der Waals surface area contributed by atoms with Gasteiger partial charge in [0, 0.05) is 5.69 Å². The molecule has 0 amide bonds. The van der Waals surface area contributed by atoms with Crippen LogP contribution in [0.3, 0.4) is 0 Å². The summed E-state index contributed by atoms with van der Waals surface area (Å²) in [5, 5.41) is 8.98. The predicted molar refractivity (Wildman–Crippen MR) is 74.9 cm³/mol. The van der Waals surface area contributed by atoms with Gasteiger partial charge in [0.2, 0.25) is 0 Å². The van der Waals surface area contributed by atoms with Crippen LogP contribution < -0.4 is 5.73 Å². The van der Waals surface area contributed by atoms with Crippen molar-refractivity contribution in [2.24, 2.45) is 0 Å². The number of rotatable bonds is 8. The molecule has 0 aliphatic carbocycles. The molecule has 3 nitrogen and oxygen atoms in total. The van der Waals surface area contributed by atoms with Crippen molar-refractivity contribution >= 4 is 11.7 Å². The second-order valence-corrected chi connectivity index (χ2v) is 4.74. The maximum atomic E-state index is 10.9. The Morgan fingerprint density at radius 3 is 2.50 bits per heavy atom. The van der Waals surface area contributed by atoms with Crippen molar-refractivity contribution in [2.45, 2.75) is 51.9 Å². The highest BCUT2D eigenvalue weighted by Gasteiger charge is 2.08. The normalized spacial score (nSPS) is 10.5. The minimum absolute atomic E-state index is 0.221. The van der Waals surface area contributed by atoms with Crippen molar-refractivity contribution in [1.82, 2.24) is 0 Å². The van der Waals surface area contributed by atoms with Crippen molar-refractivity contribution in [3.63, 3.8) is 0 Å². The maximum absolute atomic E-state index is 10.9. The fourth-order valence-corrected chi connectivity index (χ4v) is 2.05. The Labute approximate surface area is 109 Å². The number of unbranched alkanes of at least 4 members (excludes halogenated alkanes) is 5. The average molecular weight is 249 g/mol. The molecule has 0 heterocycles. The lowest BCUT2D eigenvalue weighted by molar-refractivity contribution is 0.0698. The van der Waals surface area contributed by atoms with Crippen molar-refractivity contribution in [3.05, 3.63) is 29.3 Å². The van der Waals surface area contributed by atoms with Gasteiger partial charge in [0.1, 0.15) is 0 Å². The highest BCUT2D eigenvalue weighted by atomic mass is 16.4. The molecule has 3 heteroatoms. The van der Waals surface area contributed by atoms with E-state index < -0.39 is 5.97 Å². The number of aromatic carboxylic acids is 1. The van der Waals surface area contributed by atoms with E-state index in [-0.39, 0.29) is 5.56 Å². The third-order valence-electron chi connectivity index (χ3n) is 3.17. The molecule has 0 saturated carbocycles. The highest BCUT2D eigenvalue weighted by molar-refractivity contribution is 5.93. The summed E-state index contributed by atoms with van der Waals surface area (Å²) in [6, 6.07) is 5.31. The molecular formula is C15H23NO2. The Morgan fingerprint density at radius 2 is 1.83 bits per heavy atom. The number of anilines is 1. The van der Waals surface area contributed by atoms with Crippen LogP contribution in [0.15, 0.2) is 18.2 Å². The van der Waals surface area contributed by atoms with E-state index in [2.05, 4.69) is 6.92 Å². The molecule has 1 rings (SSSR count). The fraction of sp³-hybridized carbons (Fsp3) is 0.533. The van der Waals surface area contributed by atoms with Gasteiger partial charge in [0.25, 0.3) is 0 Å². The van der Waals surface area contributed by atoms with Gasteiger partial charge >= 0.3 is 5.97 Å². The summed E-state index contributed by atoms with van der Waals surface area (Å²) in [4.78, 5) is 10.9. The lowest BCUT2D eigenvalue weighted by Crippen LogP contribution is -2.03. The smallest absolute Gasteiger partial charge is 0.337 e. The topological polar surface area (TPSA) is 63.3 Å². The van der Waals surface area contributed by atoms with E-state index in [4.69, 9.17) is 10.8 Å². The molecule has 0 saturated heterocycles. The van der Waals surface area contributed by atoms with E-state index in [9.17, 15) is 4.79 Å². The van der Waals surface area contributed by atoms with Crippen LogP contribution in [0.1, 0.15) is 61.4 Å². The highest BCUT2D eigenvalue weighted by Crippen LogP contribution is 2.16. The SMILES string of the molecule is CCCCCCCCc1ccc(N)c(C(=O)O)c1. The second-order valence-electron chi connectivity index (χ2n) is 4.74. The Kier molecular flexibility index (Phi) is 6.26. The minimum atomic E-state index is -0.947. The molecule has 0 fully saturated rings. The summed E-state index contributed by atoms with van der Waals surface area (Å²) in [6.45, 7) is 2.21. The van der Waals surface area contributed by atoms with Crippen LogP contribution in [0.4, 0.5) is 5.69 Å². The van der Waals surface area contributed by atoms with Crippen molar-refractivity contribution < 1.29 is 9.90 Å². The van der Waals surface area contributed by atoms with Gasteiger partial charge in [-0.25, -0.2) is 4.79 Å². The van der Waals surface area contributed by atoms with Gasteiger partial charge < -0.3 is 10.8 Å². The number of aryl methyl sites for hydroxylation is 1. The summed E-state index contributed by atoms with van der Waals surface area (Å²) in [7, 11) is 0. The molecule has 0 aliphatic heterocycles. The number of nitrogens with two attached hydrogens (primary N) is 1. The van der Waals surface area contributed by atoms with Gasteiger partial charge in [-0.3, -0.25) is 0 Å². The zero-order valence-corrected chi connectivity index (χ0v) is 11.1. The molecule has 3 N–H and O–H groups in total. The average Bonchev–Trinajstić information content (AvgIpc) is 2.35. The van der Waals surface area contributed by atoms with Gasteiger partial charge in [0.15, 0.2) is 0 Å². The van der Waals surface area contributed by atoms with Gasteiger partial charge in [-0.05, 0) is 30.5 Å². The van der Waals surface area contributed by atoms with Crippen LogP contribution in [0.5, 0.6) is 0 Å². The Morgan fingerprint density at radius 1 is 1.17 bits per heavy atom. The molecule has 18 heavy (non-hydrogen) atoms. The molecular weight excluding hydrogens is 226 g/mol. The standard InChI is InChI=1S/C15H23NO2/c1-2-3-4-5-6-7-8-12-9-10-14(16)13(11-12)15(17)18/h9-11H,2-8,16H2,1H3,(H,17,18). The first-order valence-electron chi connectivity index (χ1n) is 6.77. The van der Waals surface area contributed by atoms with E-state index in [1.54, 1.807) is 12.1 Å². The number of carboxylic acid groups (broad SMARTS) is 1. The van der Waals surface area contributed by atoms with Crippen molar-refractivity contribution in [3.8, 4) is 0 Å². The summed E-state index contributed by atoms with van der Waals surface area (Å²) >= 11 is 0. The van der Waals surface area contributed by atoms with E-state index in [0.717, 1.165) is 18.4 Å². The lowest BCUT2D eigenvalue weighted by atomic mass is 10.0. The number of nitrogen functional groups attached to an aromatic ring is 1. The van der Waals surface area contributed by atoms with Crippen molar-refractivity contribution in [2.75, 3.05) is 5.73 Å². The molecule has 0 spiro atoms. The summed E-state index contributed by atoms with van der Waals surface area (Å²) in [6.07, 6.45) is 8.42. The minimum Gasteiger partial charge on any atom is -0.478 e. The number of hydrogen-bond acceptors (Lipinski definition) is 2. The molecule has 0 atom stereocenters. The number of benzene rings is 1. The Hall–Kier alpha value is -1.51. The molecule has 0 bridgehead atoms. The molecule has 100 valence electrons. The summed E-state index contributed by atoms with van der Waals surface area (Å²) in [5.74, 6) is -0.947. The lowest BCUT2D eigenvalue weighted by Gasteiger charge is -2.05. The van der Waals surface area contributed by atoms with Crippen LogP contribution in [-0.4, -0.2) is 11.1 Å². The summed E-state index contributed by atoms with van der Waals surface area (Å²) < 4.78 is 0. The largest absolute Gasteiger partial charge is 0.478 e. The van der Waals surface area contributed by atoms with E-state index in [1.165, 1.54) is 32.1 Å². The third kappa shape index (κ3) is 4.78. The predicted octanol–water partition coefficient (Wildman–Crippen LogP) is 3.87. The summed E-state index contributed by atoms with van der Waals surface area (Å²) in [5.41, 5.74) is 7.25. The molecule has 1 aromatic carbocycles. The van der Waals surface area contributed by atoms with Crippen LogP contribution in [-0.2, 0) is 6.42 Å². The Balaban J connectivity index is 2.38. The quantitative estimate of drug-likeness (QED) is 0.543. The third-order valence-corrected chi connectivity index (χ3v) is 3.17. The first kappa shape index (κ1) is 14.6. The van der Waals surface area contributed by atoms with Crippen LogP contribution in [0, 0.1) is 0 Å². The van der Waals surface area contributed by atoms with Gasteiger partial charge in [-0.1, -0.05) is 45.1 Å². The first-order valence-corrected chi connectivity index (χ1v) is 6.77. The van der Waals surface area contributed by atoms with Gasteiger partial charge in [-0.2, -0.15) is 0 Å². The monoisotopic (exact) mass is 249 g/mol. The van der Waals surface area contributed by atoms with Crippen LogP contribution in [0.2, 0.25) is 0 Å². The van der Waals surface area contributed by atoms with E-state index in [1.807, 2.05) is 6.07 Å². The fourth-order valence-electron chi connectivity index (χ4n) is 2.05. The van der Waals surface area contributed by atoms with E-state index >= 15 is 0 Å². The van der Waals surface area contributed by atoms with Crippen LogP contribution in [0.25, 0.3) is 0 Å². The second kappa shape index (κ2) is 7.75. The molecule has 0 radical (unpaired) electrons. The van der Waals surface area contributed by atoms with E-state index in [0.29, 0.717) is 5.69 Å². The maximum Gasteiger partial charge on any atom is 0.337 e. The molecule has 0 aromatic heterocycles. The number of carbonyl (C=O) groups is 1. The Bertz CT molecular complexity index is 388. The number of carboxylic acids is 1. The van der Waals surface area contributed by atoms with Crippen LogP contribution >= 0.6 is 0 Å². The number of hydrogen-bond donors (Lipinski definition) is 2. The van der Waals surface area contributed by atoms with Crippen molar-refractivity contribution in [1.29, 1.82) is 0 Å².